The zero-order chi connectivity index (χ0) is 16.6. The predicted octanol–water partition coefficient (Wildman–Crippen LogP) is 3.37. The summed E-state index contributed by atoms with van der Waals surface area (Å²) in [5.41, 5.74) is -0.496. The molecule has 1 heterocycles. The van der Waals surface area contributed by atoms with E-state index in [0.717, 1.165) is 25.2 Å². The Hall–Kier alpha value is -1.26. The van der Waals surface area contributed by atoms with E-state index >= 15 is 0 Å². The SMILES string of the molecule is CC(C)(C)OC(=O)N1CCCC(OC(=O)C2CC3CCC2C3)C1. The highest BCUT2D eigenvalue weighted by atomic mass is 16.6. The van der Waals surface area contributed by atoms with Gasteiger partial charge in [0.15, 0.2) is 0 Å². The molecular weight excluding hydrogens is 294 g/mol. The number of esters is 1. The lowest BCUT2D eigenvalue weighted by atomic mass is 9.89. The molecule has 2 saturated carbocycles. The molecule has 1 saturated heterocycles. The van der Waals surface area contributed by atoms with Gasteiger partial charge in [-0.25, -0.2) is 4.79 Å². The second kappa shape index (κ2) is 6.33. The van der Waals surface area contributed by atoms with Gasteiger partial charge in [-0.2, -0.15) is 0 Å². The maximum atomic E-state index is 12.5. The van der Waals surface area contributed by atoms with E-state index in [1.807, 2.05) is 20.8 Å². The molecule has 4 unspecified atom stereocenters. The van der Waals surface area contributed by atoms with Gasteiger partial charge in [0.25, 0.3) is 0 Å². The molecule has 0 aromatic carbocycles. The van der Waals surface area contributed by atoms with Crippen molar-refractivity contribution in [2.45, 2.75) is 71.0 Å². The normalized spacial score (nSPS) is 33.6. The van der Waals surface area contributed by atoms with E-state index in [1.54, 1.807) is 4.90 Å². The van der Waals surface area contributed by atoms with Gasteiger partial charge in [0.1, 0.15) is 11.7 Å². The van der Waals surface area contributed by atoms with E-state index in [1.165, 1.54) is 19.3 Å². The summed E-state index contributed by atoms with van der Waals surface area (Å²) in [6, 6.07) is 0. The van der Waals surface area contributed by atoms with Crippen molar-refractivity contribution in [2.24, 2.45) is 17.8 Å². The van der Waals surface area contributed by atoms with Crippen molar-refractivity contribution in [2.75, 3.05) is 13.1 Å². The molecule has 1 amide bonds. The van der Waals surface area contributed by atoms with E-state index in [2.05, 4.69) is 0 Å². The minimum atomic E-state index is -0.496. The molecule has 4 atom stereocenters. The molecule has 1 aliphatic heterocycles. The lowest BCUT2D eigenvalue weighted by Crippen LogP contribution is -2.46. The van der Waals surface area contributed by atoms with Gasteiger partial charge in [-0.3, -0.25) is 4.79 Å². The van der Waals surface area contributed by atoms with Crippen molar-refractivity contribution in [1.29, 1.82) is 0 Å². The molecule has 5 nitrogen and oxygen atoms in total. The molecule has 2 aliphatic carbocycles. The summed E-state index contributed by atoms with van der Waals surface area (Å²) in [5.74, 6) is 1.35. The van der Waals surface area contributed by atoms with Crippen molar-refractivity contribution in [3.05, 3.63) is 0 Å². The van der Waals surface area contributed by atoms with Gasteiger partial charge >= 0.3 is 12.1 Å². The molecule has 0 N–H and O–H groups in total. The molecule has 3 rings (SSSR count). The largest absolute Gasteiger partial charge is 0.460 e. The van der Waals surface area contributed by atoms with Crippen LogP contribution >= 0.6 is 0 Å². The van der Waals surface area contributed by atoms with Crippen molar-refractivity contribution >= 4 is 12.1 Å². The molecule has 3 aliphatic rings. The van der Waals surface area contributed by atoms with Crippen LogP contribution in [-0.2, 0) is 14.3 Å². The highest BCUT2D eigenvalue weighted by molar-refractivity contribution is 5.74. The predicted molar refractivity (Wildman–Crippen MR) is 85.9 cm³/mol. The number of amides is 1. The zero-order valence-electron chi connectivity index (χ0n) is 14.5. The van der Waals surface area contributed by atoms with E-state index in [4.69, 9.17) is 9.47 Å². The second-order valence-electron chi connectivity index (χ2n) is 8.41. The van der Waals surface area contributed by atoms with E-state index in [0.29, 0.717) is 19.0 Å². The molecule has 5 heteroatoms. The third-order valence-corrected chi connectivity index (χ3v) is 5.35. The fraction of sp³-hybridized carbons (Fsp3) is 0.889. The number of hydrogen-bond acceptors (Lipinski definition) is 4. The molecule has 0 spiro atoms. The molecule has 23 heavy (non-hydrogen) atoms. The first kappa shape index (κ1) is 16.6. The Labute approximate surface area is 138 Å². The zero-order valence-corrected chi connectivity index (χ0v) is 14.5. The number of fused-ring (bicyclic) bond motifs is 2. The summed E-state index contributed by atoms with van der Waals surface area (Å²) in [6.07, 6.45) is 5.88. The highest BCUT2D eigenvalue weighted by Crippen LogP contribution is 2.48. The van der Waals surface area contributed by atoms with Gasteiger partial charge < -0.3 is 14.4 Å². The number of rotatable bonds is 2. The number of nitrogens with zero attached hydrogens (tertiary/aromatic N) is 1. The third-order valence-electron chi connectivity index (χ3n) is 5.35. The lowest BCUT2D eigenvalue weighted by Gasteiger charge is -2.34. The average Bonchev–Trinajstić information content (AvgIpc) is 3.08. The number of carbonyl (C=O) groups is 2. The fourth-order valence-electron chi connectivity index (χ4n) is 4.31. The Bertz CT molecular complexity index is 470. The Kier molecular flexibility index (Phi) is 4.56. The smallest absolute Gasteiger partial charge is 0.410 e. The first-order valence-corrected chi connectivity index (χ1v) is 9.00. The van der Waals surface area contributed by atoms with Gasteiger partial charge in [0.2, 0.25) is 0 Å². The topological polar surface area (TPSA) is 55.8 Å². The van der Waals surface area contributed by atoms with Crippen molar-refractivity contribution in [3.8, 4) is 0 Å². The van der Waals surface area contributed by atoms with E-state index in [-0.39, 0.29) is 24.1 Å². The van der Waals surface area contributed by atoms with Crippen LogP contribution < -0.4 is 0 Å². The molecule has 130 valence electrons. The van der Waals surface area contributed by atoms with Crippen LogP contribution in [0.3, 0.4) is 0 Å². The Morgan fingerprint density at radius 3 is 2.48 bits per heavy atom. The quantitative estimate of drug-likeness (QED) is 0.731. The first-order chi connectivity index (χ1) is 10.8. The van der Waals surface area contributed by atoms with Crippen molar-refractivity contribution in [1.82, 2.24) is 4.90 Å². The maximum Gasteiger partial charge on any atom is 0.410 e. The van der Waals surface area contributed by atoms with Crippen molar-refractivity contribution < 1.29 is 19.1 Å². The molecular formula is C18H29NO4. The molecule has 3 fully saturated rings. The van der Waals surface area contributed by atoms with Crippen LogP contribution in [-0.4, -0.2) is 41.8 Å². The second-order valence-corrected chi connectivity index (χ2v) is 8.41. The fourth-order valence-corrected chi connectivity index (χ4v) is 4.31. The molecule has 0 aromatic rings. The van der Waals surface area contributed by atoms with E-state index in [9.17, 15) is 9.59 Å². The standard InChI is InChI=1S/C18H29NO4/c1-18(2,3)23-17(21)19-8-4-5-14(11-19)22-16(20)15-10-12-6-7-13(15)9-12/h12-15H,4-11H2,1-3H3. The van der Waals surface area contributed by atoms with Crippen LogP contribution in [0.15, 0.2) is 0 Å². The summed E-state index contributed by atoms with van der Waals surface area (Å²) < 4.78 is 11.2. The summed E-state index contributed by atoms with van der Waals surface area (Å²) >= 11 is 0. The average molecular weight is 323 g/mol. The van der Waals surface area contributed by atoms with Crippen LogP contribution in [0.1, 0.15) is 59.3 Å². The molecule has 0 radical (unpaired) electrons. The first-order valence-electron chi connectivity index (χ1n) is 9.00. The van der Waals surface area contributed by atoms with Gasteiger partial charge in [0.05, 0.1) is 12.5 Å². The minimum Gasteiger partial charge on any atom is -0.460 e. The number of ether oxygens (including phenoxy) is 2. The summed E-state index contributed by atoms with van der Waals surface area (Å²) in [4.78, 5) is 26.3. The van der Waals surface area contributed by atoms with Crippen molar-refractivity contribution in [3.63, 3.8) is 0 Å². The Morgan fingerprint density at radius 2 is 1.87 bits per heavy atom. The number of carbonyl (C=O) groups excluding carboxylic acids is 2. The summed E-state index contributed by atoms with van der Waals surface area (Å²) in [7, 11) is 0. The van der Waals surface area contributed by atoms with E-state index < -0.39 is 5.60 Å². The van der Waals surface area contributed by atoms with Crippen LogP contribution in [0.25, 0.3) is 0 Å². The Morgan fingerprint density at radius 1 is 1.09 bits per heavy atom. The van der Waals surface area contributed by atoms with Gasteiger partial charge in [-0.05, 0) is 64.7 Å². The van der Waals surface area contributed by atoms with Crippen LogP contribution in [0.5, 0.6) is 0 Å². The van der Waals surface area contributed by atoms with Gasteiger partial charge in [0, 0.05) is 6.54 Å². The van der Waals surface area contributed by atoms with Crippen LogP contribution in [0.4, 0.5) is 4.79 Å². The summed E-state index contributed by atoms with van der Waals surface area (Å²) in [6.45, 7) is 6.73. The monoisotopic (exact) mass is 323 g/mol. The molecule has 2 bridgehead atoms. The number of hydrogen-bond donors (Lipinski definition) is 0. The number of piperidine rings is 1. The highest BCUT2D eigenvalue weighted by Gasteiger charge is 2.44. The Balaban J connectivity index is 1.50. The van der Waals surface area contributed by atoms with Crippen LogP contribution in [0, 0.1) is 17.8 Å². The lowest BCUT2D eigenvalue weighted by molar-refractivity contribution is -0.158. The number of likely N-dealkylation sites (tertiary alicyclic amines) is 1. The van der Waals surface area contributed by atoms with Gasteiger partial charge in [-0.15, -0.1) is 0 Å². The third kappa shape index (κ3) is 3.99. The van der Waals surface area contributed by atoms with Gasteiger partial charge in [-0.1, -0.05) is 6.42 Å². The summed E-state index contributed by atoms with van der Waals surface area (Å²) in [5, 5.41) is 0. The maximum absolute atomic E-state index is 12.5. The minimum absolute atomic E-state index is 0.0340. The molecule has 0 aromatic heterocycles. The van der Waals surface area contributed by atoms with Crippen LogP contribution in [0.2, 0.25) is 0 Å².